The molecule has 0 N–H and O–H groups in total. The average Bonchev–Trinajstić information content (AvgIpc) is 2.69. The van der Waals surface area contributed by atoms with Crippen LogP contribution in [0, 0.1) is 5.92 Å². The fourth-order valence-corrected chi connectivity index (χ4v) is 4.41. The number of benzene rings is 1. The second kappa shape index (κ2) is 7.21. The van der Waals surface area contributed by atoms with E-state index in [0.717, 1.165) is 36.9 Å². The van der Waals surface area contributed by atoms with Gasteiger partial charge in [-0.25, -0.2) is 4.68 Å². The minimum atomic E-state index is -0.643. The Labute approximate surface area is 169 Å². The van der Waals surface area contributed by atoms with Gasteiger partial charge in [-0.05, 0) is 50.3 Å². The van der Waals surface area contributed by atoms with Crippen LogP contribution in [0.3, 0.4) is 0 Å². The molecule has 5 rings (SSSR count). The molecular weight excluding hydrogens is 370 g/mol. The van der Waals surface area contributed by atoms with E-state index in [2.05, 4.69) is 5.10 Å². The van der Waals surface area contributed by atoms with Gasteiger partial charge in [-0.1, -0.05) is 12.1 Å². The number of amides is 1. The van der Waals surface area contributed by atoms with Crippen LogP contribution in [0.15, 0.2) is 35.1 Å². The van der Waals surface area contributed by atoms with E-state index in [1.165, 1.54) is 0 Å². The van der Waals surface area contributed by atoms with Gasteiger partial charge in [0.25, 0.3) is 11.5 Å². The van der Waals surface area contributed by atoms with Crippen LogP contribution < -0.4 is 15.0 Å². The standard InChI is InChI=1S/C22H25N3O4/c1-14-21(29-19-9-5-4-8-18(19)28-14)22(27)24-11-15(12-24)13-25-20(26)10-16-6-2-3-7-17(16)23-25/h4-5,8-10,14-15,21H,2-3,6-7,11-13H2,1H3. The zero-order valence-corrected chi connectivity index (χ0v) is 16.5. The number of rotatable bonds is 3. The fourth-order valence-electron chi connectivity index (χ4n) is 4.41. The van der Waals surface area contributed by atoms with Gasteiger partial charge in [0.15, 0.2) is 11.5 Å². The second-order valence-electron chi connectivity index (χ2n) is 8.26. The molecule has 1 saturated heterocycles. The number of carbonyl (C=O) groups excluding carboxylic acids is 1. The Morgan fingerprint density at radius 1 is 1.14 bits per heavy atom. The summed E-state index contributed by atoms with van der Waals surface area (Å²) in [6.45, 7) is 3.62. The number of nitrogens with zero attached hydrogens (tertiary/aromatic N) is 3. The van der Waals surface area contributed by atoms with Gasteiger partial charge in [0, 0.05) is 25.1 Å². The summed E-state index contributed by atoms with van der Waals surface area (Å²) >= 11 is 0. The van der Waals surface area contributed by atoms with Crippen molar-refractivity contribution in [3.05, 3.63) is 51.9 Å². The van der Waals surface area contributed by atoms with E-state index >= 15 is 0 Å². The number of fused-ring (bicyclic) bond motifs is 2. The maximum Gasteiger partial charge on any atom is 0.267 e. The van der Waals surface area contributed by atoms with Crippen molar-refractivity contribution < 1.29 is 14.3 Å². The third-order valence-electron chi connectivity index (χ3n) is 6.06. The number of hydrogen-bond acceptors (Lipinski definition) is 5. The van der Waals surface area contributed by atoms with Crippen LogP contribution >= 0.6 is 0 Å². The van der Waals surface area contributed by atoms with Crippen molar-refractivity contribution in [3.63, 3.8) is 0 Å². The third kappa shape index (κ3) is 3.39. The summed E-state index contributed by atoms with van der Waals surface area (Å²) in [7, 11) is 0. The highest BCUT2D eigenvalue weighted by Crippen LogP contribution is 2.34. The topological polar surface area (TPSA) is 73.7 Å². The van der Waals surface area contributed by atoms with E-state index in [-0.39, 0.29) is 23.5 Å². The van der Waals surface area contributed by atoms with Crippen LogP contribution in [0.2, 0.25) is 0 Å². The van der Waals surface area contributed by atoms with Crippen molar-refractivity contribution in [1.82, 2.24) is 14.7 Å². The molecule has 3 heterocycles. The number of likely N-dealkylation sites (tertiary alicyclic amines) is 1. The normalized spacial score (nSPS) is 23.3. The van der Waals surface area contributed by atoms with Crippen LogP contribution in [0.1, 0.15) is 31.0 Å². The summed E-state index contributed by atoms with van der Waals surface area (Å²) in [4.78, 5) is 27.1. The molecule has 0 saturated carbocycles. The van der Waals surface area contributed by atoms with Gasteiger partial charge < -0.3 is 14.4 Å². The zero-order valence-electron chi connectivity index (χ0n) is 16.5. The molecule has 29 heavy (non-hydrogen) atoms. The number of hydrogen-bond donors (Lipinski definition) is 0. The maximum atomic E-state index is 12.9. The van der Waals surface area contributed by atoms with E-state index in [0.29, 0.717) is 31.1 Å². The quantitative estimate of drug-likeness (QED) is 0.793. The van der Waals surface area contributed by atoms with Crippen molar-refractivity contribution in [2.24, 2.45) is 5.92 Å². The lowest BCUT2D eigenvalue weighted by Gasteiger charge is -2.42. The van der Waals surface area contributed by atoms with Crippen molar-refractivity contribution in [2.75, 3.05) is 13.1 Å². The minimum Gasteiger partial charge on any atom is -0.482 e. The summed E-state index contributed by atoms with van der Waals surface area (Å²) in [6.07, 6.45) is 3.18. The lowest BCUT2D eigenvalue weighted by molar-refractivity contribution is -0.151. The van der Waals surface area contributed by atoms with Gasteiger partial charge in [-0.2, -0.15) is 5.10 Å². The Kier molecular flexibility index (Phi) is 4.53. The Bertz CT molecular complexity index is 996. The SMILES string of the molecule is CC1Oc2ccccc2OC1C(=O)N1CC(Cn2nc3c(cc2=O)CCCC3)C1. The maximum absolute atomic E-state index is 12.9. The molecule has 2 atom stereocenters. The molecular formula is C22H25N3O4. The number of carbonyl (C=O) groups is 1. The number of ether oxygens (including phenoxy) is 2. The molecule has 1 fully saturated rings. The Balaban J connectivity index is 1.21. The highest BCUT2D eigenvalue weighted by atomic mass is 16.6. The predicted molar refractivity (Wildman–Crippen MR) is 106 cm³/mol. The summed E-state index contributed by atoms with van der Waals surface area (Å²) in [5, 5.41) is 4.59. The number of para-hydroxylation sites is 2. The smallest absolute Gasteiger partial charge is 0.267 e. The highest BCUT2D eigenvalue weighted by molar-refractivity contribution is 5.83. The van der Waals surface area contributed by atoms with E-state index in [4.69, 9.17) is 9.47 Å². The molecule has 1 aromatic carbocycles. The lowest BCUT2D eigenvalue weighted by Crippen LogP contribution is -2.59. The highest BCUT2D eigenvalue weighted by Gasteiger charge is 2.41. The predicted octanol–water partition coefficient (Wildman–Crippen LogP) is 1.81. The van der Waals surface area contributed by atoms with Crippen molar-refractivity contribution in [2.45, 2.75) is 51.4 Å². The molecule has 1 aromatic heterocycles. The van der Waals surface area contributed by atoms with Crippen molar-refractivity contribution in [3.8, 4) is 11.5 Å². The monoisotopic (exact) mass is 395 g/mol. The molecule has 1 amide bonds. The van der Waals surface area contributed by atoms with Gasteiger partial charge in [0.2, 0.25) is 6.10 Å². The Morgan fingerprint density at radius 3 is 2.66 bits per heavy atom. The average molecular weight is 395 g/mol. The van der Waals surface area contributed by atoms with Gasteiger partial charge in [0.05, 0.1) is 12.2 Å². The van der Waals surface area contributed by atoms with Crippen LogP contribution in [-0.2, 0) is 24.2 Å². The first-order valence-electron chi connectivity index (χ1n) is 10.4. The largest absolute Gasteiger partial charge is 0.482 e. The van der Waals surface area contributed by atoms with Gasteiger partial charge in [-0.15, -0.1) is 0 Å². The summed E-state index contributed by atoms with van der Waals surface area (Å²) in [5.41, 5.74) is 2.12. The Hall–Kier alpha value is -2.83. The molecule has 3 aliphatic rings. The molecule has 7 heteroatoms. The molecule has 0 radical (unpaired) electrons. The molecule has 2 aliphatic heterocycles. The first-order valence-corrected chi connectivity index (χ1v) is 10.4. The number of aromatic nitrogens is 2. The summed E-state index contributed by atoms with van der Waals surface area (Å²) in [6, 6.07) is 9.15. The second-order valence-corrected chi connectivity index (χ2v) is 8.26. The van der Waals surface area contributed by atoms with Crippen LogP contribution in [0.4, 0.5) is 0 Å². The third-order valence-corrected chi connectivity index (χ3v) is 6.06. The van der Waals surface area contributed by atoms with Gasteiger partial charge in [0.1, 0.15) is 6.10 Å². The van der Waals surface area contributed by atoms with Gasteiger partial charge >= 0.3 is 0 Å². The van der Waals surface area contributed by atoms with Crippen LogP contribution in [-0.4, -0.2) is 45.9 Å². The van der Waals surface area contributed by atoms with E-state index < -0.39 is 6.10 Å². The van der Waals surface area contributed by atoms with Gasteiger partial charge in [-0.3, -0.25) is 9.59 Å². The summed E-state index contributed by atoms with van der Waals surface area (Å²) < 4.78 is 13.3. The summed E-state index contributed by atoms with van der Waals surface area (Å²) in [5.74, 6) is 1.45. The van der Waals surface area contributed by atoms with Crippen molar-refractivity contribution in [1.29, 1.82) is 0 Å². The fraction of sp³-hybridized carbons (Fsp3) is 0.500. The van der Waals surface area contributed by atoms with E-state index in [9.17, 15) is 9.59 Å². The lowest BCUT2D eigenvalue weighted by atomic mass is 9.96. The minimum absolute atomic E-state index is 0.0373. The zero-order chi connectivity index (χ0) is 20.0. The molecule has 0 spiro atoms. The molecule has 7 nitrogen and oxygen atoms in total. The van der Waals surface area contributed by atoms with Crippen LogP contribution in [0.25, 0.3) is 0 Å². The van der Waals surface area contributed by atoms with Crippen molar-refractivity contribution >= 4 is 5.91 Å². The molecule has 1 aliphatic carbocycles. The molecule has 152 valence electrons. The van der Waals surface area contributed by atoms with E-state index in [1.54, 1.807) is 15.6 Å². The van der Waals surface area contributed by atoms with E-state index in [1.807, 2.05) is 31.2 Å². The van der Waals surface area contributed by atoms with Crippen LogP contribution in [0.5, 0.6) is 11.5 Å². The molecule has 0 bridgehead atoms. The number of aryl methyl sites for hydroxylation is 2. The first-order chi connectivity index (χ1) is 14.1. The molecule has 2 aromatic rings. The molecule has 2 unspecified atom stereocenters. The first kappa shape index (κ1) is 18.2. The Morgan fingerprint density at radius 2 is 1.86 bits per heavy atom.